The first-order chi connectivity index (χ1) is 15.3. The molecule has 0 bridgehead atoms. The SMILES string of the molecule is Cc1cc(Br)ccc1N1C(=O)/C(=C/c2ccc(-c3ccccc3[N+](=O)[O-])o2)C(=O)NC1=S. The largest absolute Gasteiger partial charge is 0.456 e. The van der Waals surface area contributed by atoms with E-state index >= 15 is 0 Å². The number of benzene rings is 2. The predicted octanol–water partition coefficient (Wildman–Crippen LogP) is 4.76. The molecule has 8 nitrogen and oxygen atoms in total. The van der Waals surface area contributed by atoms with E-state index in [0.29, 0.717) is 5.69 Å². The monoisotopic (exact) mass is 511 g/mol. The van der Waals surface area contributed by atoms with E-state index in [1.807, 2.05) is 13.0 Å². The Kier molecular flexibility index (Phi) is 5.72. The van der Waals surface area contributed by atoms with Crippen molar-refractivity contribution in [1.29, 1.82) is 0 Å². The molecular weight excluding hydrogens is 498 g/mol. The summed E-state index contributed by atoms with van der Waals surface area (Å²) in [5.74, 6) is -0.830. The van der Waals surface area contributed by atoms with E-state index in [1.165, 1.54) is 23.1 Å². The van der Waals surface area contributed by atoms with Gasteiger partial charge in [0.2, 0.25) is 0 Å². The molecule has 1 fully saturated rings. The molecule has 2 amide bonds. The van der Waals surface area contributed by atoms with Crippen LogP contribution in [0, 0.1) is 17.0 Å². The first-order valence-electron chi connectivity index (χ1n) is 9.27. The average molecular weight is 512 g/mol. The summed E-state index contributed by atoms with van der Waals surface area (Å²) in [6.07, 6.45) is 1.29. The van der Waals surface area contributed by atoms with Crippen LogP contribution in [0.2, 0.25) is 0 Å². The van der Waals surface area contributed by atoms with Gasteiger partial charge in [0.15, 0.2) is 5.11 Å². The van der Waals surface area contributed by atoms with Crippen LogP contribution in [0.5, 0.6) is 0 Å². The third kappa shape index (κ3) is 3.97. The van der Waals surface area contributed by atoms with Gasteiger partial charge in [-0.15, -0.1) is 0 Å². The quantitative estimate of drug-likeness (QED) is 0.178. The molecule has 1 aliphatic rings. The number of carbonyl (C=O) groups is 2. The Morgan fingerprint density at radius 1 is 1.16 bits per heavy atom. The number of carbonyl (C=O) groups excluding carboxylic acids is 2. The van der Waals surface area contributed by atoms with Crippen LogP contribution < -0.4 is 10.2 Å². The lowest BCUT2D eigenvalue weighted by molar-refractivity contribution is -0.384. The second kappa shape index (κ2) is 8.48. The van der Waals surface area contributed by atoms with Crippen molar-refractivity contribution >= 4 is 62.5 Å². The number of para-hydroxylation sites is 1. The highest BCUT2D eigenvalue weighted by Gasteiger charge is 2.35. The zero-order valence-corrected chi connectivity index (χ0v) is 18.9. The number of rotatable bonds is 4. The molecule has 1 aliphatic heterocycles. The zero-order chi connectivity index (χ0) is 23.0. The third-order valence-corrected chi connectivity index (χ3v) is 5.56. The van der Waals surface area contributed by atoms with Crippen molar-refractivity contribution in [2.24, 2.45) is 0 Å². The van der Waals surface area contributed by atoms with Crippen LogP contribution in [0.15, 0.2) is 69.1 Å². The maximum atomic E-state index is 13.2. The van der Waals surface area contributed by atoms with E-state index in [2.05, 4.69) is 21.2 Å². The predicted molar refractivity (Wildman–Crippen MR) is 126 cm³/mol. The summed E-state index contributed by atoms with van der Waals surface area (Å²) in [6, 6.07) is 14.5. The van der Waals surface area contributed by atoms with E-state index in [4.69, 9.17) is 16.6 Å². The molecule has 4 rings (SSSR count). The summed E-state index contributed by atoms with van der Waals surface area (Å²) in [7, 11) is 0. The van der Waals surface area contributed by atoms with Gasteiger partial charge in [0.25, 0.3) is 17.5 Å². The fraction of sp³-hybridized carbons (Fsp3) is 0.0455. The third-order valence-electron chi connectivity index (χ3n) is 4.78. The maximum absolute atomic E-state index is 13.2. The molecule has 160 valence electrons. The molecule has 2 aromatic carbocycles. The highest BCUT2D eigenvalue weighted by molar-refractivity contribution is 9.10. The summed E-state index contributed by atoms with van der Waals surface area (Å²) in [6.45, 7) is 1.82. The fourth-order valence-corrected chi connectivity index (χ4v) is 4.05. The molecule has 0 atom stereocenters. The molecular formula is C22H14BrN3O5S. The number of halogens is 1. The standard InChI is InChI=1S/C22H14BrN3O5S/c1-12-10-13(23)6-8-17(12)25-21(28)16(20(27)24-22(25)32)11-14-7-9-19(31-14)15-4-2-3-5-18(15)26(29)30/h2-11H,1H3,(H,24,27,32)/b16-11+. The minimum atomic E-state index is -0.658. The van der Waals surface area contributed by atoms with Gasteiger partial charge in [-0.05, 0) is 67.2 Å². The van der Waals surface area contributed by atoms with Gasteiger partial charge in [-0.2, -0.15) is 0 Å². The molecule has 1 saturated heterocycles. The number of nitro groups is 1. The highest BCUT2D eigenvalue weighted by Crippen LogP contribution is 2.32. The van der Waals surface area contributed by atoms with E-state index in [9.17, 15) is 19.7 Å². The first kappa shape index (κ1) is 21.6. The Labute approximate surface area is 195 Å². The Bertz CT molecular complexity index is 1330. The van der Waals surface area contributed by atoms with Crippen molar-refractivity contribution < 1.29 is 18.9 Å². The summed E-state index contributed by atoms with van der Waals surface area (Å²) in [5, 5.41) is 13.8. The molecule has 10 heteroatoms. The zero-order valence-electron chi connectivity index (χ0n) is 16.5. The van der Waals surface area contributed by atoms with E-state index in [1.54, 1.807) is 36.4 Å². The molecule has 0 unspecified atom stereocenters. The fourth-order valence-electron chi connectivity index (χ4n) is 3.30. The lowest BCUT2D eigenvalue weighted by atomic mass is 10.1. The van der Waals surface area contributed by atoms with Crippen molar-refractivity contribution in [3.8, 4) is 11.3 Å². The van der Waals surface area contributed by atoms with Gasteiger partial charge in [-0.3, -0.25) is 29.9 Å². The number of amides is 2. The number of nitro benzene ring substituents is 1. The first-order valence-corrected chi connectivity index (χ1v) is 10.5. The number of furan rings is 1. The van der Waals surface area contributed by atoms with Crippen molar-refractivity contribution in [2.45, 2.75) is 6.92 Å². The molecule has 32 heavy (non-hydrogen) atoms. The molecule has 0 radical (unpaired) electrons. The summed E-state index contributed by atoms with van der Waals surface area (Å²) in [4.78, 5) is 37.7. The molecule has 3 aromatic rings. The average Bonchev–Trinajstić information content (AvgIpc) is 3.21. The van der Waals surface area contributed by atoms with Crippen LogP contribution in [-0.2, 0) is 9.59 Å². The minimum absolute atomic E-state index is 0.0254. The van der Waals surface area contributed by atoms with Crippen molar-refractivity contribution in [1.82, 2.24) is 5.32 Å². The van der Waals surface area contributed by atoms with Gasteiger partial charge in [-0.25, -0.2) is 0 Å². The van der Waals surface area contributed by atoms with Crippen molar-refractivity contribution in [2.75, 3.05) is 4.90 Å². The van der Waals surface area contributed by atoms with Crippen molar-refractivity contribution in [3.63, 3.8) is 0 Å². The van der Waals surface area contributed by atoms with Crippen LogP contribution in [0.4, 0.5) is 11.4 Å². The maximum Gasteiger partial charge on any atom is 0.280 e. The number of nitrogens with zero attached hydrogens (tertiary/aromatic N) is 2. The second-order valence-corrected chi connectivity index (χ2v) is 8.17. The Balaban J connectivity index is 1.71. The van der Waals surface area contributed by atoms with Crippen LogP contribution in [0.25, 0.3) is 17.4 Å². The Morgan fingerprint density at radius 3 is 2.62 bits per heavy atom. The summed E-state index contributed by atoms with van der Waals surface area (Å²) < 4.78 is 6.54. The highest BCUT2D eigenvalue weighted by atomic mass is 79.9. The smallest absolute Gasteiger partial charge is 0.280 e. The molecule has 0 saturated carbocycles. The van der Waals surface area contributed by atoms with Gasteiger partial charge in [-0.1, -0.05) is 28.1 Å². The number of nitrogens with one attached hydrogen (secondary N) is 1. The van der Waals surface area contributed by atoms with E-state index in [0.717, 1.165) is 10.0 Å². The van der Waals surface area contributed by atoms with Gasteiger partial charge in [0, 0.05) is 10.5 Å². The summed E-state index contributed by atoms with van der Waals surface area (Å²) in [5.41, 5.74) is 1.31. The molecule has 1 aromatic heterocycles. The van der Waals surface area contributed by atoms with Crippen LogP contribution in [-0.4, -0.2) is 21.9 Å². The second-order valence-electron chi connectivity index (χ2n) is 6.86. The van der Waals surface area contributed by atoms with E-state index in [-0.39, 0.29) is 33.5 Å². The van der Waals surface area contributed by atoms with Gasteiger partial charge >= 0.3 is 0 Å². The normalized spacial score (nSPS) is 15.2. The summed E-state index contributed by atoms with van der Waals surface area (Å²) >= 11 is 8.61. The number of hydrogen-bond acceptors (Lipinski definition) is 6. The number of hydrogen-bond donors (Lipinski definition) is 1. The minimum Gasteiger partial charge on any atom is -0.456 e. The number of anilines is 1. The molecule has 2 heterocycles. The van der Waals surface area contributed by atoms with Crippen LogP contribution >= 0.6 is 28.1 Å². The van der Waals surface area contributed by atoms with Crippen LogP contribution in [0.3, 0.4) is 0 Å². The van der Waals surface area contributed by atoms with Gasteiger partial charge in [0.1, 0.15) is 17.1 Å². The molecule has 0 aliphatic carbocycles. The number of thiocarbonyl (C=S) groups is 1. The lowest BCUT2D eigenvalue weighted by Crippen LogP contribution is -2.54. The van der Waals surface area contributed by atoms with Gasteiger partial charge < -0.3 is 4.42 Å². The molecule has 0 spiro atoms. The van der Waals surface area contributed by atoms with Crippen molar-refractivity contribution in [3.05, 3.63) is 86.1 Å². The topological polar surface area (TPSA) is 106 Å². The lowest BCUT2D eigenvalue weighted by Gasteiger charge is -2.29. The van der Waals surface area contributed by atoms with Gasteiger partial charge in [0.05, 0.1) is 16.2 Å². The van der Waals surface area contributed by atoms with E-state index < -0.39 is 16.7 Å². The Morgan fingerprint density at radius 2 is 1.91 bits per heavy atom. The molecule has 1 N–H and O–H groups in total. The van der Waals surface area contributed by atoms with Crippen LogP contribution in [0.1, 0.15) is 11.3 Å². The Hall–Kier alpha value is -3.63. The number of aryl methyl sites for hydroxylation is 1.